The van der Waals surface area contributed by atoms with E-state index in [1.165, 1.54) is 28.7 Å². The van der Waals surface area contributed by atoms with Crippen LogP contribution in [0.3, 0.4) is 0 Å². The number of carbonyl (C=O) groups excluding carboxylic acids is 2. The van der Waals surface area contributed by atoms with E-state index in [2.05, 4.69) is 34.7 Å². The van der Waals surface area contributed by atoms with Crippen molar-refractivity contribution in [3.05, 3.63) is 89.3 Å². The molecule has 0 aliphatic heterocycles. The number of para-hydroxylation sites is 1. The van der Waals surface area contributed by atoms with Crippen LogP contribution in [0.5, 0.6) is 5.75 Å². The fourth-order valence-corrected chi connectivity index (χ4v) is 5.46. The summed E-state index contributed by atoms with van der Waals surface area (Å²) in [6, 6.07) is 24.9. The highest BCUT2D eigenvalue weighted by atomic mass is 32.2. The Morgan fingerprint density at radius 2 is 1.73 bits per heavy atom. The van der Waals surface area contributed by atoms with Crippen molar-refractivity contribution in [3.8, 4) is 17.0 Å². The summed E-state index contributed by atoms with van der Waals surface area (Å²) < 4.78 is 5.51. The molecule has 1 atom stereocenters. The molecule has 6 nitrogen and oxygen atoms in total. The number of nitrogens with one attached hydrogen (secondary N) is 2. The number of rotatable bonds is 10. The van der Waals surface area contributed by atoms with Crippen molar-refractivity contribution in [3.63, 3.8) is 0 Å². The number of thiazole rings is 1. The molecule has 1 unspecified atom stereocenters. The van der Waals surface area contributed by atoms with E-state index in [1.54, 1.807) is 12.1 Å². The molecule has 4 rings (SSSR count). The molecule has 0 radical (unpaired) electrons. The van der Waals surface area contributed by atoms with Gasteiger partial charge >= 0.3 is 0 Å². The van der Waals surface area contributed by atoms with Crippen LogP contribution in [-0.4, -0.2) is 28.7 Å². The molecule has 4 aromatic rings. The minimum absolute atomic E-state index is 0.0841. The van der Waals surface area contributed by atoms with E-state index in [4.69, 9.17) is 4.74 Å². The Kier molecular flexibility index (Phi) is 8.98. The topological polar surface area (TPSA) is 80.3 Å². The normalized spacial score (nSPS) is 11.5. The molecule has 1 heterocycles. The quantitative estimate of drug-likeness (QED) is 0.216. The van der Waals surface area contributed by atoms with Crippen molar-refractivity contribution in [2.45, 2.75) is 37.3 Å². The third-order valence-corrected chi connectivity index (χ3v) is 7.77. The van der Waals surface area contributed by atoms with Crippen molar-refractivity contribution >= 4 is 45.7 Å². The molecule has 37 heavy (non-hydrogen) atoms. The average Bonchev–Trinajstić information content (AvgIpc) is 3.26. The van der Waals surface area contributed by atoms with Gasteiger partial charge in [0, 0.05) is 21.0 Å². The number of thioether (sulfide) groups is 1. The summed E-state index contributed by atoms with van der Waals surface area (Å²) in [6.07, 6.45) is 0.646. The highest BCUT2D eigenvalue weighted by Crippen LogP contribution is 2.32. The maximum Gasteiger partial charge on any atom is 0.262 e. The maximum atomic E-state index is 13.1. The van der Waals surface area contributed by atoms with E-state index >= 15 is 0 Å². The summed E-state index contributed by atoms with van der Waals surface area (Å²) in [7, 11) is 0. The highest BCUT2D eigenvalue weighted by Gasteiger charge is 2.20. The Labute approximate surface area is 225 Å². The molecule has 0 saturated carbocycles. The van der Waals surface area contributed by atoms with E-state index in [9.17, 15) is 9.59 Å². The first-order chi connectivity index (χ1) is 17.9. The molecule has 8 heteroatoms. The van der Waals surface area contributed by atoms with Crippen molar-refractivity contribution in [2.75, 3.05) is 17.2 Å². The standard InChI is InChI=1S/C29H29N3O3S2/c1-4-25(28(34)32-29-31-27(20(3)36-29)21-15-13-19(2)14-16-21)37-24-12-8-9-22(17-24)30-26(33)18-35-23-10-6-5-7-11-23/h5-17,25H,4,18H2,1-3H3,(H,30,33)(H,31,32,34). The van der Waals surface area contributed by atoms with Crippen molar-refractivity contribution in [1.82, 2.24) is 4.98 Å². The fourth-order valence-electron chi connectivity index (χ4n) is 3.61. The van der Waals surface area contributed by atoms with Gasteiger partial charge in [-0.2, -0.15) is 0 Å². The molecule has 190 valence electrons. The van der Waals surface area contributed by atoms with Crippen LogP contribution in [0.25, 0.3) is 11.3 Å². The number of benzene rings is 3. The fraction of sp³-hybridized carbons (Fsp3) is 0.207. The zero-order chi connectivity index (χ0) is 26.2. The van der Waals surface area contributed by atoms with Gasteiger partial charge in [0.1, 0.15) is 5.75 Å². The Morgan fingerprint density at radius 3 is 2.46 bits per heavy atom. The van der Waals surface area contributed by atoms with Gasteiger partial charge in [0.2, 0.25) is 5.91 Å². The monoisotopic (exact) mass is 531 g/mol. The number of amides is 2. The zero-order valence-electron chi connectivity index (χ0n) is 21.0. The minimum atomic E-state index is -0.306. The van der Waals surface area contributed by atoms with Gasteiger partial charge in [-0.05, 0) is 50.6 Å². The number of nitrogens with zero attached hydrogens (tertiary/aromatic N) is 1. The second-order valence-electron chi connectivity index (χ2n) is 8.47. The molecular weight excluding hydrogens is 502 g/mol. The second kappa shape index (κ2) is 12.6. The van der Waals surface area contributed by atoms with Crippen LogP contribution in [0, 0.1) is 13.8 Å². The summed E-state index contributed by atoms with van der Waals surface area (Å²) in [5, 5.41) is 6.14. The lowest BCUT2D eigenvalue weighted by atomic mass is 10.1. The number of aryl methyl sites for hydroxylation is 2. The number of carbonyl (C=O) groups is 2. The van der Waals surface area contributed by atoms with E-state index in [-0.39, 0.29) is 23.7 Å². The molecule has 0 aliphatic carbocycles. The molecule has 0 bridgehead atoms. The predicted molar refractivity (Wildman–Crippen MR) is 153 cm³/mol. The van der Waals surface area contributed by atoms with E-state index in [0.717, 1.165) is 21.0 Å². The Hall–Kier alpha value is -3.62. The van der Waals surface area contributed by atoms with Crippen LogP contribution in [-0.2, 0) is 9.59 Å². The van der Waals surface area contributed by atoms with Crippen LogP contribution in [0.1, 0.15) is 23.8 Å². The van der Waals surface area contributed by atoms with Gasteiger partial charge in [0.25, 0.3) is 5.91 Å². The van der Waals surface area contributed by atoms with Crippen LogP contribution < -0.4 is 15.4 Å². The van der Waals surface area contributed by atoms with Gasteiger partial charge in [-0.25, -0.2) is 4.98 Å². The van der Waals surface area contributed by atoms with Gasteiger partial charge in [0.15, 0.2) is 11.7 Å². The third-order valence-electron chi connectivity index (χ3n) is 5.52. The predicted octanol–water partition coefficient (Wildman–Crippen LogP) is 6.95. The lowest BCUT2D eigenvalue weighted by Crippen LogP contribution is -2.24. The first-order valence-electron chi connectivity index (χ1n) is 12.0. The molecular formula is C29H29N3O3S2. The molecule has 2 N–H and O–H groups in total. The molecule has 1 aromatic heterocycles. The highest BCUT2D eigenvalue weighted by molar-refractivity contribution is 8.00. The van der Waals surface area contributed by atoms with E-state index < -0.39 is 0 Å². The summed E-state index contributed by atoms with van der Waals surface area (Å²) >= 11 is 2.94. The zero-order valence-corrected chi connectivity index (χ0v) is 22.6. The summed E-state index contributed by atoms with van der Waals surface area (Å²) in [5.41, 5.74) is 3.77. The SMILES string of the molecule is CCC(Sc1cccc(NC(=O)COc2ccccc2)c1)C(=O)Nc1nc(-c2ccc(C)cc2)c(C)s1. The molecule has 0 aliphatic rings. The second-order valence-corrected chi connectivity index (χ2v) is 11.0. The summed E-state index contributed by atoms with van der Waals surface area (Å²) in [4.78, 5) is 32.0. The van der Waals surface area contributed by atoms with Gasteiger partial charge in [-0.15, -0.1) is 23.1 Å². The van der Waals surface area contributed by atoms with Gasteiger partial charge in [-0.3, -0.25) is 9.59 Å². The third kappa shape index (κ3) is 7.44. The first kappa shape index (κ1) is 26.4. The molecule has 0 spiro atoms. The number of anilines is 2. The lowest BCUT2D eigenvalue weighted by Gasteiger charge is -2.14. The minimum Gasteiger partial charge on any atom is -0.484 e. The number of aromatic nitrogens is 1. The number of ether oxygens (including phenoxy) is 1. The molecule has 0 fully saturated rings. The van der Waals surface area contributed by atoms with Crippen molar-refractivity contribution < 1.29 is 14.3 Å². The van der Waals surface area contributed by atoms with Crippen LogP contribution in [0.2, 0.25) is 0 Å². The Bertz CT molecular complexity index is 1350. The van der Waals surface area contributed by atoms with E-state index in [1.807, 2.05) is 68.4 Å². The molecule has 2 amide bonds. The van der Waals surface area contributed by atoms with E-state index in [0.29, 0.717) is 23.0 Å². The van der Waals surface area contributed by atoms with Crippen molar-refractivity contribution in [1.29, 1.82) is 0 Å². The Morgan fingerprint density at radius 1 is 0.973 bits per heavy atom. The van der Waals surface area contributed by atoms with Gasteiger partial charge < -0.3 is 15.4 Å². The molecule has 3 aromatic carbocycles. The number of hydrogen-bond acceptors (Lipinski definition) is 6. The largest absolute Gasteiger partial charge is 0.484 e. The van der Waals surface area contributed by atoms with Gasteiger partial charge in [0.05, 0.1) is 10.9 Å². The summed E-state index contributed by atoms with van der Waals surface area (Å²) in [6.45, 7) is 5.96. The maximum absolute atomic E-state index is 13.1. The van der Waals surface area contributed by atoms with Gasteiger partial charge in [-0.1, -0.05) is 61.0 Å². The van der Waals surface area contributed by atoms with Crippen molar-refractivity contribution in [2.24, 2.45) is 0 Å². The van der Waals surface area contributed by atoms with Crippen LogP contribution in [0.4, 0.5) is 10.8 Å². The van der Waals surface area contributed by atoms with Crippen LogP contribution >= 0.6 is 23.1 Å². The average molecular weight is 532 g/mol. The molecule has 0 saturated heterocycles. The summed E-state index contributed by atoms with van der Waals surface area (Å²) in [5.74, 6) is 0.293. The Balaban J connectivity index is 1.35. The first-order valence-corrected chi connectivity index (χ1v) is 13.7. The lowest BCUT2D eigenvalue weighted by molar-refractivity contribution is -0.118. The number of hydrogen-bond donors (Lipinski definition) is 2. The van der Waals surface area contributed by atoms with Crippen LogP contribution in [0.15, 0.2) is 83.8 Å². The smallest absolute Gasteiger partial charge is 0.262 e.